The molecular formula is C26H27ClN4O. The summed E-state index contributed by atoms with van der Waals surface area (Å²) in [5.41, 5.74) is 5.07. The van der Waals surface area contributed by atoms with Crippen LogP contribution in [0, 0.1) is 19.8 Å². The number of nitrogens with one attached hydrogen (secondary N) is 1. The summed E-state index contributed by atoms with van der Waals surface area (Å²) in [4.78, 5) is 22.6. The van der Waals surface area contributed by atoms with Gasteiger partial charge in [-0.05, 0) is 74.9 Å². The summed E-state index contributed by atoms with van der Waals surface area (Å²) in [6.07, 6.45) is 5.40. The highest BCUT2D eigenvalue weighted by atomic mass is 35.5. The number of H-pyrrole nitrogens is 1. The number of nitrogens with zero attached hydrogens (tertiary/aromatic N) is 3. The maximum absolute atomic E-state index is 12.5. The van der Waals surface area contributed by atoms with Crippen molar-refractivity contribution >= 4 is 28.2 Å². The first-order valence-corrected chi connectivity index (χ1v) is 11.5. The number of halogens is 1. The summed E-state index contributed by atoms with van der Waals surface area (Å²) < 4.78 is 1.61. The molecule has 164 valence electrons. The molecule has 1 fully saturated rings. The van der Waals surface area contributed by atoms with Crippen LogP contribution in [0.2, 0.25) is 5.02 Å². The molecule has 32 heavy (non-hydrogen) atoms. The Morgan fingerprint density at radius 2 is 1.91 bits per heavy atom. The van der Waals surface area contributed by atoms with Gasteiger partial charge < -0.3 is 9.88 Å². The van der Waals surface area contributed by atoms with Gasteiger partial charge in [-0.25, -0.2) is 4.98 Å². The second-order valence-electron chi connectivity index (χ2n) is 8.74. The van der Waals surface area contributed by atoms with Crippen molar-refractivity contribution in [2.24, 2.45) is 5.92 Å². The second-order valence-corrected chi connectivity index (χ2v) is 9.15. The zero-order valence-corrected chi connectivity index (χ0v) is 19.2. The van der Waals surface area contributed by atoms with Crippen LogP contribution in [-0.2, 0) is 6.42 Å². The summed E-state index contributed by atoms with van der Waals surface area (Å²) in [7, 11) is 0. The van der Waals surface area contributed by atoms with Crippen molar-refractivity contribution in [2.75, 3.05) is 18.0 Å². The lowest BCUT2D eigenvalue weighted by Crippen LogP contribution is -2.34. The third-order valence-electron chi connectivity index (χ3n) is 6.55. The number of piperidine rings is 1. The lowest BCUT2D eigenvalue weighted by Gasteiger charge is -2.34. The first-order chi connectivity index (χ1) is 15.5. The van der Waals surface area contributed by atoms with E-state index in [0.29, 0.717) is 16.8 Å². The van der Waals surface area contributed by atoms with Crippen molar-refractivity contribution in [1.82, 2.24) is 14.5 Å². The Morgan fingerprint density at radius 1 is 1.09 bits per heavy atom. The van der Waals surface area contributed by atoms with Crippen LogP contribution in [0.15, 0.2) is 59.5 Å². The Kier molecular flexibility index (Phi) is 5.51. The van der Waals surface area contributed by atoms with E-state index in [4.69, 9.17) is 11.6 Å². The van der Waals surface area contributed by atoms with E-state index in [9.17, 15) is 4.79 Å². The van der Waals surface area contributed by atoms with Gasteiger partial charge in [-0.2, -0.15) is 0 Å². The van der Waals surface area contributed by atoms with Crippen molar-refractivity contribution < 1.29 is 0 Å². The standard InChI is InChI=1S/C26H27ClN4O/c1-17-14-26(32)31(18(2)29-17)21-6-7-25(23(27)16-21)30-12-9-19(10-13-30)15-20-4-3-5-24-22(20)8-11-28-24/h3-8,11,14,16,19,28H,9-10,12-13,15H2,1-2H3. The van der Waals surface area contributed by atoms with E-state index in [2.05, 4.69) is 39.1 Å². The SMILES string of the molecule is Cc1cc(=O)n(-c2ccc(N3CCC(Cc4cccc5[nH]ccc45)CC3)c(Cl)c2)c(C)n1. The highest BCUT2D eigenvalue weighted by Gasteiger charge is 2.22. The molecule has 4 aromatic rings. The van der Waals surface area contributed by atoms with E-state index in [-0.39, 0.29) is 5.56 Å². The first-order valence-electron chi connectivity index (χ1n) is 11.2. The maximum atomic E-state index is 12.5. The van der Waals surface area contributed by atoms with Crippen LogP contribution in [0.1, 0.15) is 29.9 Å². The predicted octanol–water partition coefficient (Wildman–Crippen LogP) is 5.44. The van der Waals surface area contributed by atoms with Gasteiger partial charge in [0, 0.05) is 41.9 Å². The van der Waals surface area contributed by atoms with Gasteiger partial charge >= 0.3 is 0 Å². The van der Waals surface area contributed by atoms with Crippen molar-refractivity contribution in [2.45, 2.75) is 33.1 Å². The molecule has 3 heterocycles. The summed E-state index contributed by atoms with van der Waals surface area (Å²) in [6, 6.07) is 16.1. The van der Waals surface area contributed by atoms with Gasteiger partial charge in [0.05, 0.1) is 16.4 Å². The van der Waals surface area contributed by atoms with E-state index < -0.39 is 0 Å². The Bertz CT molecular complexity index is 1330. The molecule has 0 bridgehead atoms. The average molecular weight is 447 g/mol. The number of rotatable bonds is 4. The molecule has 0 amide bonds. The number of fused-ring (bicyclic) bond motifs is 1. The van der Waals surface area contributed by atoms with Crippen molar-refractivity contribution in [1.29, 1.82) is 0 Å². The van der Waals surface area contributed by atoms with Gasteiger partial charge in [-0.1, -0.05) is 23.7 Å². The molecule has 5 rings (SSSR count). The highest BCUT2D eigenvalue weighted by molar-refractivity contribution is 6.33. The number of aryl methyl sites for hydroxylation is 2. The van der Waals surface area contributed by atoms with E-state index >= 15 is 0 Å². The van der Waals surface area contributed by atoms with E-state index in [0.717, 1.165) is 49.4 Å². The summed E-state index contributed by atoms with van der Waals surface area (Å²) in [6.45, 7) is 5.64. The fraction of sp³-hybridized carbons (Fsp3) is 0.308. The van der Waals surface area contributed by atoms with Crippen LogP contribution in [-0.4, -0.2) is 27.6 Å². The van der Waals surface area contributed by atoms with Crippen molar-refractivity contribution in [3.63, 3.8) is 0 Å². The highest BCUT2D eigenvalue weighted by Crippen LogP contribution is 2.33. The van der Waals surface area contributed by atoms with Crippen LogP contribution in [0.4, 0.5) is 5.69 Å². The molecule has 0 saturated carbocycles. The molecule has 6 heteroatoms. The van der Waals surface area contributed by atoms with Crippen LogP contribution in [0.5, 0.6) is 0 Å². The van der Waals surface area contributed by atoms with E-state index in [1.807, 2.05) is 38.2 Å². The molecule has 5 nitrogen and oxygen atoms in total. The molecule has 2 aromatic carbocycles. The minimum absolute atomic E-state index is 0.0860. The third kappa shape index (κ3) is 3.93. The van der Waals surface area contributed by atoms with Crippen molar-refractivity contribution in [3.8, 4) is 5.69 Å². The topological polar surface area (TPSA) is 53.9 Å². The van der Waals surface area contributed by atoms with E-state index in [1.165, 1.54) is 16.5 Å². The molecule has 0 spiro atoms. The molecule has 1 N–H and O–H groups in total. The quantitative estimate of drug-likeness (QED) is 0.454. The smallest absolute Gasteiger partial charge is 0.258 e. The minimum Gasteiger partial charge on any atom is -0.370 e. The van der Waals surface area contributed by atoms with Gasteiger partial charge in [0.25, 0.3) is 5.56 Å². The van der Waals surface area contributed by atoms with E-state index in [1.54, 1.807) is 10.6 Å². The molecule has 1 aliphatic rings. The summed E-state index contributed by atoms with van der Waals surface area (Å²) in [5, 5.41) is 2.01. The Morgan fingerprint density at radius 3 is 2.66 bits per heavy atom. The molecular weight excluding hydrogens is 420 g/mol. The predicted molar refractivity (Wildman–Crippen MR) is 131 cm³/mol. The zero-order chi connectivity index (χ0) is 22.2. The number of hydrogen-bond acceptors (Lipinski definition) is 3. The van der Waals surface area contributed by atoms with Gasteiger partial charge in [0.2, 0.25) is 0 Å². The molecule has 2 aromatic heterocycles. The maximum Gasteiger partial charge on any atom is 0.258 e. The van der Waals surface area contributed by atoms with Gasteiger partial charge in [0.15, 0.2) is 0 Å². The second kappa shape index (κ2) is 8.47. The number of aromatic nitrogens is 3. The number of anilines is 1. The Hall–Kier alpha value is -3.05. The fourth-order valence-corrected chi connectivity index (χ4v) is 5.26. The third-order valence-corrected chi connectivity index (χ3v) is 6.86. The monoisotopic (exact) mass is 446 g/mol. The largest absolute Gasteiger partial charge is 0.370 e. The molecule has 0 aliphatic carbocycles. The van der Waals surface area contributed by atoms with Gasteiger partial charge in [0.1, 0.15) is 5.82 Å². The Labute approximate surface area is 192 Å². The summed E-state index contributed by atoms with van der Waals surface area (Å²) >= 11 is 6.69. The van der Waals surface area contributed by atoms with Crippen LogP contribution in [0.25, 0.3) is 16.6 Å². The average Bonchev–Trinajstić information content (AvgIpc) is 3.24. The molecule has 0 atom stereocenters. The minimum atomic E-state index is -0.0860. The van der Waals surface area contributed by atoms with Gasteiger partial charge in [-0.15, -0.1) is 0 Å². The van der Waals surface area contributed by atoms with Crippen LogP contribution in [0.3, 0.4) is 0 Å². The molecule has 1 aliphatic heterocycles. The lowest BCUT2D eigenvalue weighted by atomic mass is 9.89. The first kappa shape index (κ1) is 20.8. The lowest BCUT2D eigenvalue weighted by molar-refractivity contribution is 0.404. The zero-order valence-electron chi connectivity index (χ0n) is 18.4. The van der Waals surface area contributed by atoms with Crippen molar-refractivity contribution in [3.05, 3.63) is 87.2 Å². The fourth-order valence-electron chi connectivity index (χ4n) is 4.96. The van der Waals surface area contributed by atoms with Gasteiger partial charge in [-0.3, -0.25) is 9.36 Å². The number of hydrogen-bond donors (Lipinski definition) is 1. The normalized spacial score (nSPS) is 14.9. The number of benzene rings is 2. The molecule has 1 saturated heterocycles. The number of aromatic amines is 1. The molecule has 0 radical (unpaired) electrons. The van der Waals surface area contributed by atoms with Crippen LogP contribution >= 0.6 is 11.6 Å². The summed E-state index contributed by atoms with van der Waals surface area (Å²) in [5.74, 6) is 1.33. The Balaban J connectivity index is 1.30. The molecule has 0 unspecified atom stereocenters. The van der Waals surface area contributed by atoms with Crippen LogP contribution < -0.4 is 10.5 Å².